The van der Waals surface area contributed by atoms with Gasteiger partial charge in [-0.25, -0.2) is 14.4 Å². The summed E-state index contributed by atoms with van der Waals surface area (Å²) in [5.41, 5.74) is 0. The minimum atomic E-state index is -0.829. The van der Waals surface area contributed by atoms with Crippen molar-refractivity contribution in [1.82, 2.24) is 0 Å². The predicted octanol–water partition coefficient (Wildman–Crippen LogP) is 5.34. The summed E-state index contributed by atoms with van der Waals surface area (Å²) in [5, 5.41) is 16.5. The summed E-state index contributed by atoms with van der Waals surface area (Å²) >= 11 is 0. The van der Waals surface area contributed by atoms with Crippen LogP contribution in [-0.4, -0.2) is 103 Å². The van der Waals surface area contributed by atoms with E-state index in [1.54, 1.807) is 6.92 Å². The van der Waals surface area contributed by atoms with E-state index in [9.17, 15) is 38.4 Å². The van der Waals surface area contributed by atoms with Crippen LogP contribution in [0.5, 0.6) is 0 Å². The molecule has 1 aliphatic rings. The number of rotatable bonds is 26. The standard InChI is InChI=1S/C21H30O9.C8H14O4.C8H12O4.C2H4/c1-3-17(22)26-12-7-5-9-19(24)29-16-11-14-28-21(15-16)30-20(25)10-6-8-13-27-18(23)4-2;2*1-2-8(11)12-6-4-3-5-7(9)10;1-2/h3-4,16,21H,1-2,5-15H2;2-6H2,1H3,(H,9,10);2H,1,3-6H2,(H,9,10);1-2H2. The Morgan fingerprint density at radius 1 is 0.571 bits per heavy atom. The van der Waals surface area contributed by atoms with Gasteiger partial charge in [-0.2, -0.15) is 0 Å². The SMILES string of the molecule is C=C.C=CC(=O)OCCCCC(=O)O.C=CC(=O)OCCCCC(=O)OC1CCOC(OC(=O)CCCCOC(=O)C=C)C1.CCC(=O)OCCCCC(=O)O. The Bertz CT molecular complexity index is 1150. The van der Waals surface area contributed by atoms with Gasteiger partial charge in [-0.15, -0.1) is 13.2 Å². The molecule has 2 unspecified atom stereocenters. The van der Waals surface area contributed by atoms with Crippen molar-refractivity contribution in [3.8, 4) is 0 Å². The lowest BCUT2D eigenvalue weighted by Crippen LogP contribution is -2.35. The van der Waals surface area contributed by atoms with Gasteiger partial charge in [-0.05, 0) is 51.4 Å². The van der Waals surface area contributed by atoms with Crippen LogP contribution in [0.25, 0.3) is 0 Å². The van der Waals surface area contributed by atoms with Crippen molar-refractivity contribution in [2.45, 2.75) is 116 Å². The molecule has 2 atom stereocenters. The van der Waals surface area contributed by atoms with Crippen LogP contribution in [-0.2, 0) is 71.5 Å². The number of unbranched alkanes of at least 4 members (excludes halogenated alkanes) is 4. The molecule has 0 aliphatic carbocycles. The van der Waals surface area contributed by atoms with E-state index in [1.165, 1.54) is 0 Å². The molecule has 17 nitrogen and oxygen atoms in total. The van der Waals surface area contributed by atoms with Gasteiger partial charge in [0.05, 0.1) is 33.0 Å². The molecule has 0 amide bonds. The number of hydrogen-bond donors (Lipinski definition) is 2. The van der Waals surface area contributed by atoms with E-state index >= 15 is 0 Å². The van der Waals surface area contributed by atoms with Crippen LogP contribution >= 0.6 is 0 Å². The predicted molar refractivity (Wildman–Crippen MR) is 202 cm³/mol. The first kappa shape index (κ1) is 55.0. The van der Waals surface area contributed by atoms with E-state index in [2.05, 4.69) is 37.6 Å². The van der Waals surface area contributed by atoms with Crippen LogP contribution in [0.3, 0.4) is 0 Å². The Kier molecular flexibility index (Phi) is 38.7. The highest BCUT2D eigenvalue weighted by Gasteiger charge is 2.28. The first-order chi connectivity index (χ1) is 26.8. The lowest BCUT2D eigenvalue weighted by atomic mass is 10.1. The topological polar surface area (TPSA) is 242 Å². The maximum Gasteiger partial charge on any atom is 0.330 e. The molecule has 0 radical (unpaired) electrons. The summed E-state index contributed by atoms with van der Waals surface area (Å²) in [6, 6.07) is 0. The fraction of sp³-hybridized carbons (Fsp3) is 0.590. The average Bonchev–Trinajstić information content (AvgIpc) is 3.18. The fourth-order valence-electron chi connectivity index (χ4n) is 3.85. The number of esters is 6. The first-order valence-corrected chi connectivity index (χ1v) is 18.2. The molecule has 0 spiro atoms. The third kappa shape index (κ3) is 39.9. The van der Waals surface area contributed by atoms with Crippen LogP contribution in [0, 0.1) is 0 Å². The summed E-state index contributed by atoms with van der Waals surface area (Å²) in [7, 11) is 0. The molecular weight excluding hydrogens is 740 g/mol. The van der Waals surface area contributed by atoms with Gasteiger partial charge in [-0.3, -0.25) is 24.0 Å². The molecule has 0 aromatic rings. The summed E-state index contributed by atoms with van der Waals surface area (Å²) in [5.74, 6) is -4.09. The zero-order valence-electron chi connectivity index (χ0n) is 32.6. The Balaban J connectivity index is -0.000000886. The molecule has 2 N–H and O–H groups in total. The highest BCUT2D eigenvalue weighted by molar-refractivity contribution is 5.81. The van der Waals surface area contributed by atoms with Crippen molar-refractivity contribution in [2.24, 2.45) is 0 Å². The molecule has 1 aliphatic heterocycles. The monoisotopic (exact) mass is 800 g/mol. The van der Waals surface area contributed by atoms with E-state index in [-0.39, 0.29) is 70.0 Å². The second-order valence-corrected chi connectivity index (χ2v) is 11.2. The number of ether oxygens (including phenoxy) is 7. The lowest BCUT2D eigenvalue weighted by molar-refractivity contribution is -0.202. The van der Waals surface area contributed by atoms with Crippen LogP contribution in [0.4, 0.5) is 0 Å². The smallest absolute Gasteiger partial charge is 0.330 e. The zero-order valence-corrected chi connectivity index (χ0v) is 32.6. The van der Waals surface area contributed by atoms with E-state index in [0.717, 1.165) is 18.2 Å². The summed E-state index contributed by atoms with van der Waals surface area (Å²) < 4.78 is 35.1. The van der Waals surface area contributed by atoms with Gasteiger partial charge in [0.25, 0.3) is 0 Å². The van der Waals surface area contributed by atoms with Crippen molar-refractivity contribution in [1.29, 1.82) is 0 Å². The Labute approximate surface area is 329 Å². The summed E-state index contributed by atoms with van der Waals surface area (Å²) in [4.78, 5) is 86.7. The Morgan fingerprint density at radius 2 is 0.946 bits per heavy atom. The number of carbonyl (C=O) groups is 8. The third-order valence-electron chi connectivity index (χ3n) is 6.67. The van der Waals surface area contributed by atoms with Crippen LogP contribution in [0.1, 0.15) is 103 Å². The minimum absolute atomic E-state index is 0.117. The Hall–Kier alpha value is -5.32. The molecule has 0 bridgehead atoms. The van der Waals surface area contributed by atoms with E-state index in [4.69, 9.17) is 38.6 Å². The van der Waals surface area contributed by atoms with Crippen LogP contribution in [0.2, 0.25) is 0 Å². The highest BCUT2D eigenvalue weighted by atomic mass is 16.7. The average molecular weight is 801 g/mol. The first-order valence-electron chi connectivity index (χ1n) is 18.2. The van der Waals surface area contributed by atoms with Gasteiger partial charge in [0.2, 0.25) is 6.29 Å². The van der Waals surface area contributed by atoms with E-state index < -0.39 is 42.1 Å². The molecule has 0 aromatic carbocycles. The van der Waals surface area contributed by atoms with E-state index in [0.29, 0.717) is 77.4 Å². The molecule has 1 fully saturated rings. The van der Waals surface area contributed by atoms with Gasteiger partial charge >= 0.3 is 47.8 Å². The van der Waals surface area contributed by atoms with Crippen molar-refractivity contribution in [2.75, 3.05) is 33.0 Å². The highest BCUT2D eigenvalue weighted by Crippen LogP contribution is 2.20. The second kappa shape index (κ2) is 39.4. The van der Waals surface area contributed by atoms with E-state index in [1.807, 2.05) is 0 Å². The number of aliphatic carboxylic acids is 2. The number of carboxylic acids is 2. The maximum atomic E-state index is 11.9. The normalized spacial score (nSPS) is 13.7. The fourth-order valence-corrected chi connectivity index (χ4v) is 3.85. The number of carboxylic acid groups (broad SMARTS) is 2. The van der Waals surface area contributed by atoms with Crippen molar-refractivity contribution < 1.29 is 81.7 Å². The molecule has 318 valence electrons. The van der Waals surface area contributed by atoms with Crippen LogP contribution < -0.4 is 0 Å². The number of hydrogen-bond acceptors (Lipinski definition) is 15. The molecule has 1 heterocycles. The van der Waals surface area contributed by atoms with Gasteiger partial charge < -0.3 is 43.4 Å². The Morgan fingerprint density at radius 3 is 1.32 bits per heavy atom. The largest absolute Gasteiger partial charge is 0.481 e. The minimum Gasteiger partial charge on any atom is -0.481 e. The molecule has 1 rings (SSSR count). The van der Waals surface area contributed by atoms with Crippen molar-refractivity contribution in [3.63, 3.8) is 0 Å². The molecular formula is C39H60O17. The van der Waals surface area contributed by atoms with Gasteiger partial charge in [0.1, 0.15) is 6.10 Å². The van der Waals surface area contributed by atoms with Gasteiger partial charge in [-0.1, -0.05) is 26.7 Å². The van der Waals surface area contributed by atoms with Crippen molar-refractivity contribution in [3.05, 3.63) is 51.1 Å². The summed E-state index contributed by atoms with van der Waals surface area (Å²) in [6.45, 7) is 18.9. The van der Waals surface area contributed by atoms with Gasteiger partial charge in [0, 0.05) is 63.2 Å². The van der Waals surface area contributed by atoms with Gasteiger partial charge in [0.15, 0.2) is 0 Å². The quantitative estimate of drug-likeness (QED) is 0.0368. The molecule has 0 aromatic heterocycles. The molecule has 17 heteroatoms. The second-order valence-electron chi connectivity index (χ2n) is 11.2. The third-order valence-corrected chi connectivity index (χ3v) is 6.67. The number of carbonyl (C=O) groups excluding carboxylic acids is 6. The molecule has 56 heavy (non-hydrogen) atoms. The maximum absolute atomic E-state index is 11.9. The summed E-state index contributed by atoms with van der Waals surface area (Å²) in [6.07, 6.45) is 8.38. The molecule has 0 saturated carbocycles. The molecule has 1 saturated heterocycles. The zero-order chi connectivity index (χ0) is 43.0. The lowest BCUT2D eigenvalue weighted by Gasteiger charge is -2.28. The van der Waals surface area contributed by atoms with Crippen molar-refractivity contribution >= 4 is 47.8 Å². The van der Waals surface area contributed by atoms with Crippen LogP contribution in [0.15, 0.2) is 51.1 Å².